The maximum atomic E-state index is 13.4. The average Bonchev–Trinajstić information content (AvgIpc) is 2.81. The van der Waals surface area contributed by atoms with E-state index in [1.165, 1.54) is 18.6 Å². The molecule has 3 rings (SSSR count). The molecule has 6 heteroatoms. The van der Waals surface area contributed by atoms with Gasteiger partial charge in [0.25, 0.3) is 0 Å². The van der Waals surface area contributed by atoms with E-state index in [1.54, 1.807) is 6.07 Å². The molecule has 0 aliphatic heterocycles. The minimum Gasteiger partial charge on any atom is -0.398 e. The number of hydrogen-bond donors (Lipinski definition) is 1. The molecule has 1 aromatic heterocycles. The van der Waals surface area contributed by atoms with Gasteiger partial charge >= 0.3 is 0 Å². The highest BCUT2D eigenvalue weighted by molar-refractivity contribution is 5.71. The lowest BCUT2D eigenvalue weighted by atomic mass is 9.75. The van der Waals surface area contributed by atoms with Crippen molar-refractivity contribution in [1.29, 1.82) is 0 Å². The summed E-state index contributed by atoms with van der Waals surface area (Å²) in [5.74, 6) is 0.219. The number of anilines is 1. The Bertz CT molecular complexity index is 597. The van der Waals surface area contributed by atoms with Gasteiger partial charge in [-0.1, -0.05) is 6.92 Å². The van der Waals surface area contributed by atoms with E-state index in [4.69, 9.17) is 5.73 Å². The van der Waals surface area contributed by atoms with Crippen LogP contribution in [0.3, 0.4) is 0 Å². The number of halogens is 1. The van der Waals surface area contributed by atoms with Crippen molar-refractivity contribution >= 4 is 5.69 Å². The Labute approximate surface area is 110 Å². The van der Waals surface area contributed by atoms with Crippen molar-refractivity contribution in [1.82, 2.24) is 20.2 Å². The molecule has 0 radical (unpaired) electrons. The fraction of sp³-hybridized carbons (Fsp3) is 0.462. The van der Waals surface area contributed by atoms with Crippen LogP contribution < -0.4 is 5.73 Å². The van der Waals surface area contributed by atoms with Gasteiger partial charge in [0, 0.05) is 11.3 Å². The summed E-state index contributed by atoms with van der Waals surface area (Å²) in [6, 6.07) is 4.27. The number of nitrogen functional groups attached to an aromatic ring is 1. The molecule has 0 bridgehead atoms. The maximum absolute atomic E-state index is 13.4. The summed E-state index contributed by atoms with van der Waals surface area (Å²) in [5.41, 5.74) is 6.94. The summed E-state index contributed by atoms with van der Waals surface area (Å²) in [6.07, 6.45) is 4.24. The lowest BCUT2D eigenvalue weighted by Gasteiger charge is -2.41. The molecule has 1 aliphatic carbocycles. The van der Waals surface area contributed by atoms with Gasteiger partial charge < -0.3 is 5.73 Å². The summed E-state index contributed by atoms with van der Waals surface area (Å²) in [7, 11) is 0. The SMILES string of the molecule is CCC1(n2nnnc2-c2cc(F)ccc2N)CCC1. The van der Waals surface area contributed by atoms with Gasteiger partial charge in [-0.2, -0.15) is 0 Å². The summed E-state index contributed by atoms with van der Waals surface area (Å²) in [4.78, 5) is 0. The molecule has 2 N–H and O–H groups in total. The summed E-state index contributed by atoms with van der Waals surface area (Å²) in [5, 5.41) is 11.9. The van der Waals surface area contributed by atoms with Crippen LogP contribution in [0, 0.1) is 5.82 Å². The van der Waals surface area contributed by atoms with Gasteiger partial charge in [-0.15, -0.1) is 5.10 Å². The number of tetrazole rings is 1. The van der Waals surface area contributed by atoms with Gasteiger partial charge in [0.1, 0.15) is 5.82 Å². The zero-order chi connectivity index (χ0) is 13.5. The Hall–Kier alpha value is -1.98. The minimum absolute atomic E-state index is 0.0302. The van der Waals surface area contributed by atoms with Gasteiger partial charge in [0.2, 0.25) is 0 Å². The molecule has 19 heavy (non-hydrogen) atoms. The highest BCUT2D eigenvalue weighted by atomic mass is 19.1. The van der Waals surface area contributed by atoms with E-state index in [0.29, 0.717) is 17.1 Å². The minimum atomic E-state index is -0.335. The van der Waals surface area contributed by atoms with Gasteiger partial charge in [-0.25, -0.2) is 9.07 Å². The van der Waals surface area contributed by atoms with E-state index in [2.05, 4.69) is 22.4 Å². The predicted molar refractivity (Wildman–Crippen MR) is 69.7 cm³/mol. The largest absolute Gasteiger partial charge is 0.398 e. The molecule has 2 aromatic rings. The Kier molecular flexibility index (Phi) is 2.73. The van der Waals surface area contributed by atoms with Crippen molar-refractivity contribution in [2.75, 3.05) is 5.73 Å². The second-order valence-electron chi connectivity index (χ2n) is 5.08. The van der Waals surface area contributed by atoms with E-state index >= 15 is 0 Å². The normalized spacial score (nSPS) is 17.2. The van der Waals surface area contributed by atoms with Crippen LogP contribution in [0.1, 0.15) is 32.6 Å². The fourth-order valence-corrected chi connectivity index (χ4v) is 2.70. The van der Waals surface area contributed by atoms with Crippen LogP contribution in [0.5, 0.6) is 0 Å². The third-order valence-corrected chi connectivity index (χ3v) is 4.12. The second kappa shape index (κ2) is 4.29. The van der Waals surface area contributed by atoms with Crippen molar-refractivity contribution in [2.45, 2.75) is 38.1 Å². The monoisotopic (exact) mass is 261 g/mol. The number of hydrogen-bond acceptors (Lipinski definition) is 4. The van der Waals surface area contributed by atoms with Gasteiger partial charge in [0.15, 0.2) is 5.82 Å². The van der Waals surface area contributed by atoms with Crippen molar-refractivity contribution in [3.8, 4) is 11.4 Å². The van der Waals surface area contributed by atoms with Crippen LogP contribution in [0.2, 0.25) is 0 Å². The van der Waals surface area contributed by atoms with Crippen LogP contribution >= 0.6 is 0 Å². The molecule has 0 saturated heterocycles. The molecular weight excluding hydrogens is 245 g/mol. The molecule has 1 saturated carbocycles. The van der Waals surface area contributed by atoms with Crippen molar-refractivity contribution < 1.29 is 4.39 Å². The first kappa shape index (κ1) is 12.1. The molecule has 1 fully saturated rings. The molecule has 1 heterocycles. The molecule has 0 atom stereocenters. The van der Waals surface area contributed by atoms with Crippen molar-refractivity contribution in [3.05, 3.63) is 24.0 Å². The predicted octanol–water partition coefficient (Wildman–Crippen LogP) is 2.35. The highest BCUT2D eigenvalue weighted by Crippen LogP contribution is 2.43. The lowest BCUT2D eigenvalue weighted by molar-refractivity contribution is 0.118. The van der Waals surface area contributed by atoms with Gasteiger partial charge in [-0.05, 0) is 54.3 Å². The van der Waals surface area contributed by atoms with Crippen molar-refractivity contribution in [3.63, 3.8) is 0 Å². The van der Waals surface area contributed by atoms with Gasteiger partial charge in [0.05, 0.1) is 5.54 Å². The Balaban J connectivity index is 2.12. The summed E-state index contributed by atoms with van der Waals surface area (Å²) >= 11 is 0. The van der Waals surface area contributed by atoms with E-state index in [1.807, 2.05) is 4.68 Å². The standard InChI is InChI=1S/C13H16FN5/c1-2-13(6-3-7-13)19-12(16-17-18-19)10-8-9(14)4-5-11(10)15/h4-5,8H,2-3,6-7,15H2,1H3. The van der Waals surface area contributed by atoms with E-state index in [-0.39, 0.29) is 11.4 Å². The third kappa shape index (κ3) is 1.78. The smallest absolute Gasteiger partial charge is 0.184 e. The first-order valence-corrected chi connectivity index (χ1v) is 6.50. The average molecular weight is 261 g/mol. The molecule has 5 nitrogen and oxygen atoms in total. The number of rotatable bonds is 3. The molecule has 1 aliphatic rings. The van der Waals surface area contributed by atoms with Crippen molar-refractivity contribution in [2.24, 2.45) is 0 Å². The fourth-order valence-electron chi connectivity index (χ4n) is 2.70. The maximum Gasteiger partial charge on any atom is 0.184 e. The van der Waals surface area contributed by atoms with Crippen LogP contribution in [0.15, 0.2) is 18.2 Å². The summed E-state index contributed by atoms with van der Waals surface area (Å²) in [6.45, 7) is 2.12. The highest BCUT2D eigenvalue weighted by Gasteiger charge is 2.40. The van der Waals surface area contributed by atoms with E-state index < -0.39 is 0 Å². The Morgan fingerprint density at radius 1 is 1.42 bits per heavy atom. The summed E-state index contributed by atoms with van der Waals surface area (Å²) < 4.78 is 15.2. The molecule has 1 aromatic carbocycles. The van der Waals surface area contributed by atoms with Crippen LogP contribution in [-0.4, -0.2) is 20.2 Å². The van der Waals surface area contributed by atoms with Gasteiger partial charge in [-0.3, -0.25) is 0 Å². The quantitative estimate of drug-likeness (QED) is 0.861. The van der Waals surface area contributed by atoms with Crippen LogP contribution in [0.4, 0.5) is 10.1 Å². The van der Waals surface area contributed by atoms with Crippen LogP contribution in [0.25, 0.3) is 11.4 Å². The zero-order valence-electron chi connectivity index (χ0n) is 10.8. The molecule has 100 valence electrons. The Morgan fingerprint density at radius 2 is 2.21 bits per heavy atom. The number of benzene rings is 1. The first-order chi connectivity index (χ1) is 9.16. The van der Waals surface area contributed by atoms with E-state index in [9.17, 15) is 4.39 Å². The second-order valence-corrected chi connectivity index (χ2v) is 5.08. The zero-order valence-corrected chi connectivity index (χ0v) is 10.8. The topological polar surface area (TPSA) is 69.6 Å². The van der Waals surface area contributed by atoms with E-state index in [0.717, 1.165) is 19.3 Å². The first-order valence-electron chi connectivity index (χ1n) is 6.50. The number of nitrogens with zero attached hydrogens (tertiary/aromatic N) is 4. The lowest BCUT2D eigenvalue weighted by Crippen LogP contribution is -2.41. The number of aromatic nitrogens is 4. The van der Waals surface area contributed by atoms with Crippen LogP contribution in [-0.2, 0) is 5.54 Å². The molecule has 0 spiro atoms. The molecular formula is C13H16FN5. The third-order valence-electron chi connectivity index (χ3n) is 4.12. The molecule has 0 amide bonds. The molecule has 0 unspecified atom stereocenters. The Morgan fingerprint density at radius 3 is 2.84 bits per heavy atom. The number of nitrogens with two attached hydrogens (primary N) is 1.